The molecule has 3 unspecified atom stereocenters. The minimum atomic E-state index is -4.76. The van der Waals surface area contributed by atoms with E-state index in [0.717, 1.165) is 57.8 Å². The number of rotatable bonds is 42. The fraction of sp³-hybridized carbons (Fsp3) is 0.800. The van der Waals surface area contributed by atoms with Gasteiger partial charge in [-0.2, -0.15) is 0 Å². The molecule has 332 valence electrons. The normalized spacial score (nSPS) is 14.0. The standard InChI is InChI=1S/C45H82NO10P/c1-3-5-7-9-11-13-15-17-18-19-20-21-22-23-25-26-28-30-32-34-36-43(48)46-42(45(50)51)40-56-57(52,53)55-39-41(47)38-54-44(49)37-35-33-31-29-27-24-16-14-12-10-8-6-4-2/h6,8,12,14,24,27,41-42,47H,3-5,7,9-11,13,15-23,25-26,28-40H2,1-2H3,(H,46,48)(H,50,51)(H,52,53)/b8-6-,14-12-,27-24-. The van der Waals surface area contributed by atoms with Crippen LogP contribution in [0.5, 0.6) is 0 Å². The molecule has 0 spiro atoms. The van der Waals surface area contributed by atoms with E-state index in [0.29, 0.717) is 12.8 Å². The minimum Gasteiger partial charge on any atom is -0.480 e. The van der Waals surface area contributed by atoms with Gasteiger partial charge in [0.05, 0.1) is 13.2 Å². The first-order chi connectivity index (χ1) is 27.6. The molecule has 0 aromatic rings. The summed E-state index contributed by atoms with van der Waals surface area (Å²) >= 11 is 0. The second-order valence-electron chi connectivity index (χ2n) is 15.2. The van der Waals surface area contributed by atoms with Gasteiger partial charge in [-0.3, -0.25) is 18.6 Å². The van der Waals surface area contributed by atoms with Crippen LogP contribution in [0.15, 0.2) is 36.5 Å². The van der Waals surface area contributed by atoms with Gasteiger partial charge in [-0.1, -0.05) is 179 Å². The average molecular weight is 828 g/mol. The van der Waals surface area contributed by atoms with Crippen LogP contribution in [-0.4, -0.2) is 64.9 Å². The van der Waals surface area contributed by atoms with Crippen LogP contribution >= 0.6 is 7.82 Å². The largest absolute Gasteiger partial charge is 0.480 e. The van der Waals surface area contributed by atoms with Crippen LogP contribution in [0.3, 0.4) is 0 Å². The lowest BCUT2D eigenvalue weighted by atomic mass is 10.0. The van der Waals surface area contributed by atoms with E-state index in [2.05, 4.69) is 55.6 Å². The average Bonchev–Trinajstić information content (AvgIpc) is 3.18. The number of carboxylic acids is 1. The lowest BCUT2D eigenvalue weighted by Crippen LogP contribution is -2.43. The Bertz CT molecular complexity index is 1110. The van der Waals surface area contributed by atoms with E-state index in [-0.39, 0.29) is 12.8 Å². The molecule has 0 heterocycles. The van der Waals surface area contributed by atoms with E-state index in [1.54, 1.807) is 0 Å². The number of aliphatic hydroxyl groups is 1. The van der Waals surface area contributed by atoms with Gasteiger partial charge in [0.1, 0.15) is 12.7 Å². The first kappa shape index (κ1) is 54.7. The van der Waals surface area contributed by atoms with Gasteiger partial charge < -0.3 is 25.2 Å². The van der Waals surface area contributed by atoms with Crippen molar-refractivity contribution in [3.63, 3.8) is 0 Å². The van der Waals surface area contributed by atoms with Crippen molar-refractivity contribution in [1.29, 1.82) is 0 Å². The zero-order valence-corrected chi connectivity index (χ0v) is 36.8. The number of carbonyl (C=O) groups is 3. The molecule has 0 radical (unpaired) electrons. The van der Waals surface area contributed by atoms with Gasteiger partial charge in [0.25, 0.3) is 0 Å². The molecule has 11 nitrogen and oxygen atoms in total. The molecule has 4 N–H and O–H groups in total. The van der Waals surface area contributed by atoms with Crippen molar-refractivity contribution < 1.29 is 47.8 Å². The zero-order valence-electron chi connectivity index (χ0n) is 35.9. The Morgan fingerprint density at radius 2 is 1.02 bits per heavy atom. The van der Waals surface area contributed by atoms with Crippen LogP contribution in [0.4, 0.5) is 0 Å². The Balaban J connectivity index is 3.88. The zero-order chi connectivity index (χ0) is 42.1. The first-order valence-corrected chi connectivity index (χ1v) is 24.0. The summed E-state index contributed by atoms with van der Waals surface area (Å²) in [4.78, 5) is 45.9. The summed E-state index contributed by atoms with van der Waals surface area (Å²) in [6.07, 6.45) is 43.2. The Morgan fingerprint density at radius 1 is 0.579 bits per heavy atom. The second kappa shape index (κ2) is 40.5. The van der Waals surface area contributed by atoms with Crippen molar-refractivity contribution in [1.82, 2.24) is 5.32 Å². The van der Waals surface area contributed by atoms with Crippen LogP contribution in [-0.2, 0) is 32.7 Å². The molecule has 3 atom stereocenters. The molecule has 0 rings (SSSR count). The summed E-state index contributed by atoms with van der Waals surface area (Å²) in [7, 11) is -4.76. The highest BCUT2D eigenvalue weighted by Crippen LogP contribution is 2.43. The van der Waals surface area contributed by atoms with Gasteiger partial charge in [0.15, 0.2) is 6.04 Å². The third-order valence-corrected chi connectivity index (χ3v) is 10.6. The number of amides is 1. The number of nitrogens with one attached hydrogen (secondary N) is 1. The van der Waals surface area contributed by atoms with Crippen molar-refractivity contribution in [2.24, 2.45) is 0 Å². The maximum absolute atomic E-state index is 12.3. The maximum atomic E-state index is 12.3. The summed E-state index contributed by atoms with van der Waals surface area (Å²) in [5.74, 6) is -2.40. The van der Waals surface area contributed by atoms with Gasteiger partial charge in [-0.15, -0.1) is 0 Å². The Kier molecular flexibility index (Phi) is 38.8. The first-order valence-electron chi connectivity index (χ1n) is 22.5. The second-order valence-corrected chi connectivity index (χ2v) is 16.7. The van der Waals surface area contributed by atoms with Gasteiger partial charge in [-0.05, 0) is 44.9 Å². The molecule has 12 heteroatoms. The molecular formula is C45H82NO10P. The Morgan fingerprint density at radius 3 is 1.53 bits per heavy atom. The lowest BCUT2D eigenvalue weighted by molar-refractivity contribution is -0.147. The maximum Gasteiger partial charge on any atom is 0.472 e. The van der Waals surface area contributed by atoms with Crippen molar-refractivity contribution in [2.45, 2.75) is 212 Å². The number of unbranched alkanes of at least 4 members (excludes halogenated alkanes) is 22. The summed E-state index contributed by atoms with van der Waals surface area (Å²) in [5.41, 5.74) is 0. The van der Waals surface area contributed by atoms with Gasteiger partial charge in [0.2, 0.25) is 5.91 Å². The third-order valence-electron chi connectivity index (χ3n) is 9.69. The number of ether oxygens (including phenoxy) is 1. The molecule has 0 saturated heterocycles. The monoisotopic (exact) mass is 828 g/mol. The van der Waals surface area contributed by atoms with Crippen molar-refractivity contribution in [2.75, 3.05) is 19.8 Å². The highest BCUT2D eigenvalue weighted by Gasteiger charge is 2.28. The number of hydrogen-bond donors (Lipinski definition) is 4. The minimum absolute atomic E-state index is 0.147. The number of carbonyl (C=O) groups excluding carboxylic acids is 2. The molecule has 0 aromatic heterocycles. The van der Waals surface area contributed by atoms with E-state index in [4.69, 9.17) is 13.8 Å². The number of aliphatic hydroxyl groups excluding tert-OH is 1. The predicted molar refractivity (Wildman–Crippen MR) is 231 cm³/mol. The molecule has 57 heavy (non-hydrogen) atoms. The number of phosphoric acid groups is 1. The van der Waals surface area contributed by atoms with Crippen LogP contribution in [0.1, 0.15) is 200 Å². The van der Waals surface area contributed by atoms with Crippen LogP contribution < -0.4 is 5.32 Å². The Labute approximate surface area is 346 Å². The molecule has 0 fully saturated rings. The number of esters is 1. The predicted octanol–water partition coefficient (Wildman–Crippen LogP) is 11.6. The fourth-order valence-corrected chi connectivity index (χ4v) is 6.98. The molecule has 0 saturated carbocycles. The van der Waals surface area contributed by atoms with E-state index in [1.165, 1.54) is 103 Å². The van der Waals surface area contributed by atoms with Gasteiger partial charge in [-0.25, -0.2) is 9.36 Å². The molecule has 0 aromatic carbocycles. The number of hydrogen-bond acceptors (Lipinski definition) is 8. The molecule has 0 aliphatic rings. The van der Waals surface area contributed by atoms with E-state index in [1.807, 2.05) is 0 Å². The number of carboxylic acid groups (broad SMARTS) is 1. The molecule has 1 amide bonds. The molecule has 0 bridgehead atoms. The van der Waals surface area contributed by atoms with Crippen LogP contribution in [0.25, 0.3) is 0 Å². The Hall–Kier alpha value is -2.30. The number of aliphatic carboxylic acids is 1. The highest BCUT2D eigenvalue weighted by molar-refractivity contribution is 7.47. The summed E-state index contributed by atoms with van der Waals surface area (Å²) < 4.78 is 26.8. The van der Waals surface area contributed by atoms with E-state index >= 15 is 0 Å². The van der Waals surface area contributed by atoms with Gasteiger partial charge >= 0.3 is 19.8 Å². The summed E-state index contributed by atoms with van der Waals surface area (Å²) in [6.45, 7) is 2.46. The summed E-state index contributed by atoms with van der Waals surface area (Å²) in [6, 6.07) is -1.55. The van der Waals surface area contributed by atoms with E-state index < -0.39 is 57.6 Å². The third kappa shape index (κ3) is 40.3. The van der Waals surface area contributed by atoms with Crippen LogP contribution in [0.2, 0.25) is 0 Å². The summed E-state index contributed by atoms with van der Waals surface area (Å²) in [5, 5.41) is 21.8. The van der Waals surface area contributed by atoms with Gasteiger partial charge in [0, 0.05) is 12.8 Å². The quantitative estimate of drug-likeness (QED) is 0.0201. The number of allylic oxidation sites excluding steroid dienone is 6. The van der Waals surface area contributed by atoms with Crippen molar-refractivity contribution in [3.05, 3.63) is 36.5 Å². The van der Waals surface area contributed by atoms with Crippen LogP contribution in [0, 0.1) is 0 Å². The molecule has 0 aliphatic heterocycles. The fourth-order valence-electron chi connectivity index (χ4n) is 6.21. The smallest absolute Gasteiger partial charge is 0.472 e. The number of phosphoric ester groups is 1. The topological polar surface area (TPSA) is 169 Å². The SMILES string of the molecule is CC/C=C\C/C=C\C/C=C\CCCCCC(=O)OCC(O)COP(=O)(O)OCC(NC(=O)CCCCCCCCCCCCCCCCCCCCCC)C(=O)O. The van der Waals surface area contributed by atoms with Crippen molar-refractivity contribution in [3.8, 4) is 0 Å². The van der Waals surface area contributed by atoms with E-state index in [9.17, 15) is 34.1 Å². The van der Waals surface area contributed by atoms with Crippen molar-refractivity contribution >= 4 is 25.7 Å². The highest BCUT2D eigenvalue weighted by atomic mass is 31.2. The molecule has 0 aliphatic carbocycles. The molecular weight excluding hydrogens is 745 g/mol. The lowest BCUT2D eigenvalue weighted by Gasteiger charge is -2.18.